The molecule has 2 fully saturated rings. The Kier molecular flexibility index (Phi) is 5.87. The number of nitrogens with zero attached hydrogens (tertiary/aromatic N) is 2. The van der Waals surface area contributed by atoms with Gasteiger partial charge in [-0.3, -0.25) is 4.79 Å². The summed E-state index contributed by atoms with van der Waals surface area (Å²) in [5, 5.41) is 0. The van der Waals surface area contributed by atoms with E-state index in [1.54, 1.807) is 24.3 Å². The van der Waals surface area contributed by atoms with Gasteiger partial charge >= 0.3 is 6.18 Å². The van der Waals surface area contributed by atoms with Crippen LogP contribution >= 0.6 is 0 Å². The lowest BCUT2D eigenvalue weighted by atomic mass is 9.97. The van der Waals surface area contributed by atoms with Crippen molar-refractivity contribution in [2.45, 2.75) is 44.8 Å². The van der Waals surface area contributed by atoms with Gasteiger partial charge in [0.2, 0.25) is 0 Å². The average molecular weight is 416 g/mol. The molecular formula is C24H27F3N2O. The number of carbonyl (C=O) groups excluding carboxylic acids is 1. The van der Waals surface area contributed by atoms with Crippen molar-refractivity contribution in [3.8, 4) is 11.1 Å². The molecule has 2 aromatic carbocycles. The van der Waals surface area contributed by atoms with Crippen molar-refractivity contribution >= 4 is 5.91 Å². The van der Waals surface area contributed by atoms with Gasteiger partial charge < -0.3 is 9.80 Å². The van der Waals surface area contributed by atoms with Crippen molar-refractivity contribution in [2.75, 3.05) is 26.2 Å². The van der Waals surface area contributed by atoms with Crippen LogP contribution in [0.15, 0.2) is 42.5 Å². The second-order valence-corrected chi connectivity index (χ2v) is 8.37. The van der Waals surface area contributed by atoms with Crippen LogP contribution in [0.25, 0.3) is 11.1 Å². The Morgan fingerprint density at radius 3 is 2.23 bits per heavy atom. The summed E-state index contributed by atoms with van der Waals surface area (Å²) in [7, 11) is 0. The molecule has 2 heterocycles. The largest absolute Gasteiger partial charge is 0.416 e. The minimum atomic E-state index is -4.37. The molecule has 4 rings (SSSR count). The molecule has 6 heteroatoms. The Hall–Kier alpha value is -2.34. The number of hydrogen-bond acceptors (Lipinski definition) is 2. The van der Waals surface area contributed by atoms with Gasteiger partial charge in [0.05, 0.1) is 5.56 Å². The summed E-state index contributed by atoms with van der Waals surface area (Å²) in [5.41, 5.74) is 1.93. The van der Waals surface area contributed by atoms with E-state index < -0.39 is 11.7 Å². The van der Waals surface area contributed by atoms with Crippen molar-refractivity contribution in [2.24, 2.45) is 0 Å². The van der Waals surface area contributed by atoms with E-state index in [9.17, 15) is 18.0 Å². The quantitative estimate of drug-likeness (QED) is 0.671. The van der Waals surface area contributed by atoms with Crippen molar-refractivity contribution in [1.82, 2.24) is 9.80 Å². The summed E-state index contributed by atoms with van der Waals surface area (Å²) < 4.78 is 39.0. The highest BCUT2D eigenvalue weighted by molar-refractivity contribution is 5.96. The summed E-state index contributed by atoms with van der Waals surface area (Å²) >= 11 is 0. The van der Waals surface area contributed by atoms with Gasteiger partial charge in [0.15, 0.2) is 0 Å². The highest BCUT2D eigenvalue weighted by Gasteiger charge is 2.31. The summed E-state index contributed by atoms with van der Waals surface area (Å²) in [5.74, 6) is 0.0166. The molecule has 160 valence electrons. The van der Waals surface area contributed by atoms with Crippen LogP contribution < -0.4 is 0 Å². The SMILES string of the molecule is Cc1cc(-c2cccc(C(F)(F)F)c2)ccc1C(=O)N1CCC(N2CCCC2)CC1. The molecule has 0 bridgehead atoms. The van der Waals surface area contributed by atoms with Gasteiger partial charge in [0.1, 0.15) is 0 Å². The number of piperidine rings is 1. The van der Waals surface area contributed by atoms with Gasteiger partial charge in [-0.25, -0.2) is 0 Å². The number of hydrogen-bond donors (Lipinski definition) is 0. The van der Waals surface area contributed by atoms with E-state index in [1.807, 2.05) is 11.8 Å². The molecule has 2 aliphatic heterocycles. The first kappa shape index (κ1) is 20.9. The molecule has 2 aromatic rings. The second-order valence-electron chi connectivity index (χ2n) is 8.37. The van der Waals surface area contributed by atoms with E-state index in [4.69, 9.17) is 0 Å². The predicted octanol–water partition coefficient (Wildman–Crippen LogP) is 5.38. The highest BCUT2D eigenvalue weighted by Crippen LogP contribution is 2.33. The molecule has 3 nitrogen and oxygen atoms in total. The fourth-order valence-electron chi connectivity index (χ4n) is 4.67. The molecule has 2 aliphatic rings. The Bertz CT molecular complexity index is 911. The molecule has 2 saturated heterocycles. The summed E-state index contributed by atoms with van der Waals surface area (Å²) in [6, 6.07) is 11.2. The second kappa shape index (κ2) is 8.42. The normalized spacial score (nSPS) is 18.7. The zero-order chi connectivity index (χ0) is 21.3. The highest BCUT2D eigenvalue weighted by atomic mass is 19.4. The van der Waals surface area contributed by atoms with Gasteiger partial charge in [-0.1, -0.05) is 24.3 Å². The summed E-state index contributed by atoms with van der Waals surface area (Å²) in [6.45, 7) is 5.72. The van der Waals surface area contributed by atoms with Gasteiger partial charge in [-0.2, -0.15) is 13.2 Å². The number of aryl methyl sites for hydroxylation is 1. The van der Waals surface area contributed by atoms with E-state index in [1.165, 1.54) is 32.0 Å². The molecule has 0 N–H and O–H groups in total. The summed E-state index contributed by atoms with van der Waals surface area (Å²) in [4.78, 5) is 17.5. The van der Waals surface area contributed by atoms with Gasteiger partial charge in [-0.15, -0.1) is 0 Å². The molecular weight excluding hydrogens is 389 g/mol. The monoisotopic (exact) mass is 416 g/mol. The molecule has 0 spiro atoms. The average Bonchev–Trinajstić information content (AvgIpc) is 3.28. The number of alkyl halides is 3. The zero-order valence-corrected chi connectivity index (χ0v) is 17.2. The van der Waals surface area contributed by atoms with Gasteiger partial charge in [0, 0.05) is 24.7 Å². The van der Waals surface area contributed by atoms with Crippen LogP contribution in [0.3, 0.4) is 0 Å². The maximum Gasteiger partial charge on any atom is 0.416 e. The third-order valence-electron chi connectivity index (χ3n) is 6.39. The summed E-state index contributed by atoms with van der Waals surface area (Å²) in [6.07, 6.45) is 0.190. The van der Waals surface area contributed by atoms with Crippen molar-refractivity contribution in [1.29, 1.82) is 0 Å². The fourth-order valence-corrected chi connectivity index (χ4v) is 4.67. The van der Waals surface area contributed by atoms with Crippen LogP contribution in [0.5, 0.6) is 0 Å². The third kappa shape index (κ3) is 4.38. The lowest BCUT2D eigenvalue weighted by molar-refractivity contribution is -0.137. The Morgan fingerprint density at radius 2 is 1.60 bits per heavy atom. The minimum Gasteiger partial charge on any atom is -0.339 e. The molecule has 0 radical (unpaired) electrons. The van der Waals surface area contributed by atoms with E-state index in [0.717, 1.165) is 43.6 Å². The van der Waals surface area contributed by atoms with Crippen LogP contribution in [0.2, 0.25) is 0 Å². The van der Waals surface area contributed by atoms with Gasteiger partial charge in [0.25, 0.3) is 5.91 Å². The van der Waals surface area contributed by atoms with Crippen molar-refractivity contribution in [3.05, 3.63) is 59.2 Å². The fraction of sp³-hybridized carbons (Fsp3) is 0.458. The molecule has 0 atom stereocenters. The Balaban J connectivity index is 1.46. The third-order valence-corrected chi connectivity index (χ3v) is 6.39. The van der Waals surface area contributed by atoms with Crippen molar-refractivity contribution in [3.63, 3.8) is 0 Å². The first-order valence-electron chi connectivity index (χ1n) is 10.6. The number of rotatable bonds is 3. The van der Waals surface area contributed by atoms with Crippen LogP contribution in [0.1, 0.15) is 47.2 Å². The first-order chi connectivity index (χ1) is 14.3. The number of halogens is 3. The lowest BCUT2D eigenvalue weighted by Gasteiger charge is -2.36. The zero-order valence-electron chi connectivity index (χ0n) is 17.2. The molecule has 0 unspecified atom stereocenters. The maximum absolute atomic E-state index is 13.0. The number of benzene rings is 2. The molecule has 1 amide bonds. The standard InChI is InChI=1S/C24H27F3N2O/c1-17-15-19(18-5-4-6-20(16-18)24(25,26)27)7-8-22(17)23(30)29-13-9-21(10-14-29)28-11-2-3-12-28/h4-8,15-16,21H,2-3,9-14H2,1H3. The first-order valence-corrected chi connectivity index (χ1v) is 10.6. The van der Waals surface area contributed by atoms with Crippen LogP contribution in [0.4, 0.5) is 13.2 Å². The van der Waals surface area contributed by atoms with Crippen molar-refractivity contribution < 1.29 is 18.0 Å². The van der Waals surface area contributed by atoms with Gasteiger partial charge in [-0.05, 0) is 80.6 Å². The van der Waals surface area contributed by atoms with Crippen LogP contribution in [-0.4, -0.2) is 47.9 Å². The lowest BCUT2D eigenvalue weighted by Crippen LogP contribution is -2.46. The maximum atomic E-state index is 13.0. The number of likely N-dealkylation sites (tertiary alicyclic amines) is 2. The van der Waals surface area contributed by atoms with Crippen LogP contribution in [0, 0.1) is 6.92 Å². The van der Waals surface area contributed by atoms with E-state index >= 15 is 0 Å². The predicted molar refractivity (Wildman–Crippen MR) is 111 cm³/mol. The Morgan fingerprint density at radius 1 is 0.933 bits per heavy atom. The number of amides is 1. The molecule has 30 heavy (non-hydrogen) atoms. The van der Waals surface area contributed by atoms with E-state index in [2.05, 4.69) is 4.90 Å². The topological polar surface area (TPSA) is 23.6 Å². The molecule has 0 aliphatic carbocycles. The Labute approximate surface area is 175 Å². The van der Waals surface area contributed by atoms with E-state index in [0.29, 0.717) is 22.7 Å². The molecule has 0 aromatic heterocycles. The number of carbonyl (C=O) groups is 1. The van der Waals surface area contributed by atoms with Crippen LogP contribution in [-0.2, 0) is 6.18 Å². The molecule has 0 saturated carbocycles. The minimum absolute atomic E-state index is 0.0166. The van der Waals surface area contributed by atoms with E-state index in [-0.39, 0.29) is 5.91 Å². The smallest absolute Gasteiger partial charge is 0.339 e.